The van der Waals surface area contributed by atoms with Crippen molar-refractivity contribution in [1.29, 1.82) is 0 Å². The molecule has 1 heterocycles. The van der Waals surface area contributed by atoms with E-state index in [-0.39, 0.29) is 49.1 Å². The predicted molar refractivity (Wildman–Crippen MR) is 106 cm³/mol. The molecule has 0 saturated carbocycles. The van der Waals surface area contributed by atoms with Crippen molar-refractivity contribution >= 4 is 21.6 Å². The highest BCUT2D eigenvalue weighted by Gasteiger charge is 2.34. The smallest absolute Gasteiger partial charge is 0.418 e. The lowest BCUT2D eigenvalue weighted by Gasteiger charge is -2.26. The Morgan fingerprint density at radius 1 is 1.16 bits per heavy atom. The van der Waals surface area contributed by atoms with Gasteiger partial charge in [0.15, 0.2) is 0 Å². The quantitative estimate of drug-likeness (QED) is 0.720. The van der Waals surface area contributed by atoms with E-state index in [9.17, 15) is 26.4 Å². The first kappa shape index (κ1) is 23.0. The molecule has 0 atom stereocenters. The van der Waals surface area contributed by atoms with Crippen LogP contribution < -0.4 is 10.1 Å². The molecule has 0 spiro atoms. The minimum Gasteiger partial charge on any atom is -0.495 e. The fourth-order valence-corrected chi connectivity index (χ4v) is 4.79. The number of hydrogen-bond acceptors (Lipinski definition) is 5. The van der Waals surface area contributed by atoms with Gasteiger partial charge in [-0.15, -0.1) is 0 Å². The average molecular weight is 458 g/mol. The van der Waals surface area contributed by atoms with Crippen LogP contribution in [-0.4, -0.2) is 52.0 Å². The number of halogens is 3. The number of nitrogens with one attached hydrogen (secondary N) is 1. The average Bonchev–Trinajstić information content (AvgIpc) is 2.74. The number of methoxy groups -OCH3 is 1. The van der Waals surface area contributed by atoms with Crippen molar-refractivity contribution in [2.24, 2.45) is 0 Å². The van der Waals surface area contributed by atoms with Gasteiger partial charge in [-0.3, -0.25) is 4.79 Å². The van der Waals surface area contributed by atoms with Crippen LogP contribution in [0.5, 0.6) is 5.75 Å². The molecule has 1 amide bonds. The number of nitrogens with zero attached hydrogens (tertiary/aromatic N) is 1. The van der Waals surface area contributed by atoms with Gasteiger partial charge in [0.2, 0.25) is 15.9 Å². The molecule has 0 aromatic heterocycles. The molecule has 0 bridgehead atoms. The Kier molecular flexibility index (Phi) is 6.87. The number of morpholine rings is 1. The molecule has 0 unspecified atom stereocenters. The number of sulfonamides is 1. The molecule has 31 heavy (non-hydrogen) atoms. The highest BCUT2D eigenvalue weighted by atomic mass is 32.2. The van der Waals surface area contributed by atoms with E-state index in [1.54, 1.807) is 0 Å². The van der Waals surface area contributed by atoms with Crippen molar-refractivity contribution in [2.45, 2.75) is 17.5 Å². The molecule has 1 aliphatic heterocycles. The summed E-state index contributed by atoms with van der Waals surface area (Å²) in [6.07, 6.45) is -4.94. The van der Waals surface area contributed by atoms with Gasteiger partial charge in [0.1, 0.15) is 10.6 Å². The fraction of sp³-hybridized carbons (Fsp3) is 0.350. The summed E-state index contributed by atoms with van der Waals surface area (Å²) < 4.78 is 77.0. The van der Waals surface area contributed by atoms with Gasteiger partial charge >= 0.3 is 6.18 Å². The second-order valence-corrected chi connectivity index (χ2v) is 8.68. The van der Waals surface area contributed by atoms with Gasteiger partial charge in [0, 0.05) is 13.1 Å². The summed E-state index contributed by atoms with van der Waals surface area (Å²) in [6, 6.07) is 8.85. The number of ether oxygens (including phenoxy) is 2. The van der Waals surface area contributed by atoms with E-state index in [0.717, 1.165) is 12.1 Å². The third kappa shape index (κ3) is 5.35. The van der Waals surface area contributed by atoms with Crippen LogP contribution in [0.15, 0.2) is 47.4 Å². The van der Waals surface area contributed by atoms with Gasteiger partial charge in [-0.25, -0.2) is 8.42 Å². The van der Waals surface area contributed by atoms with Crippen LogP contribution in [-0.2, 0) is 32.2 Å². The molecule has 1 N–H and O–H groups in total. The van der Waals surface area contributed by atoms with Crippen molar-refractivity contribution in [1.82, 2.24) is 4.31 Å². The van der Waals surface area contributed by atoms with Crippen molar-refractivity contribution in [2.75, 3.05) is 38.7 Å². The number of anilines is 1. The second kappa shape index (κ2) is 9.25. The molecule has 168 valence electrons. The number of alkyl halides is 3. The molecule has 1 aliphatic rings. The van der Waals surface area contributed by atoms with E-state index in [1.165, 1.54) is 41.7 Å². The molecular weight excluding hydrogens is 437 g/mol. The number of para-hydroxylation sites is 1. The number of benzene rings is 2. The number of carbonyl (C=O) groups is 1. The molecule has 2 aromatic carbocycles. The molecule has 1 saturated heterocycles. The zero-order valence-corrected chi connectivity index (χ0v) is 17.4. The summed E-state index contributed by atoms with van der Waals surface area (Å²) in [5.74, 6) is -0.602. The first-order valence-electron chi connectivity index (χ1n) is 9.34. The predicted octanol–water partition coefficient (Wildman–Crippen LogP) is 2.92. The van der Waals surface area contributed by atoms with E-state index in [4.69, 9.17) is 9.47 Å². The van der Waals surface area contributed by atoms with Crippen LogP contribution in [0.3, 0.4) is 0 Å². The molecule has 1 fully saturated rings. The van der Waals surface area contributed by atoms with Gasteiger partial charge in [0.05, 0.1) is 38.0 Å². The third-order valence-electron chi connectivity index (χ3n) is 4.69. The Morgan fingerprint density at radius 3 is 2.48 bits per heavy atom. The van der Waals surface area contributed by atoms with Gasteiger partial charge in [0.25, 0.3) is 0 Å². The molecule has 7 nitrogen and oxygen atoms in total. The Morgan fingerprint density at radius 2 is 1.84 bits per heavy atom. The minimum absolute atomic E-state index is 0.109. The normalized spacial score (nSPS) is 15.5. The fourth-order valence-electron chi connectivity index (χ4n) is 3.18. The van der Waals surface area contributed by atoms with E-state index in [2.05, 4.69) is 5.32 Å². The first-order chi connectivity index (χ1) is 14.6. The minimum atomic E-state index is -4.62. The van der Waals surface area contributed by atoms with Crippen molar-refractivity contribution < 1.29 is 35.9 Å². The van der Waals surface area contributed by atoms with Gasteiger partial charge in [-0.05, 0) is 29.8 Å². The summed E-state index contributed by atoms with van der Waals surface area (Å²) in [6.45, 7) is 0.902. The van der Waals surface area contributed by atoms with Crippen LogP contribution >= 0.6 is 0 Å². The molecule has 0 aliphatic carbocycles. The summed E-state index contributed by atoms with van der Waals surface area (Å²) in [5.41, 5.74) is -1.02. The highest BCUT2D eigenvalue weighted by molar-refractivity contribution is 7.89. The van der Waals surface area contributed by atoms with E-state index in [0.29, 0.717) is 5.56 Å². The number of amides is 1. The van der Waals surface area contributed by atoms with E-state index in [1.807, 2.05) is 0 Å². The summed E-state index contributed by atoms with van der Waals surface area (Å²) in [7, 11) is -2.57. The van der Waals surface area contributed by atoms with E-state index >= 15 is 0 Å². The SMILES string of the molecule is COc1ccc(CC(=O)Nc2ccccc2C(F)(F)F)cc1S(=O)(=O)N1CCOCC1. The van der Waals surface area contributed by atoms with Crippen molar-refractivity contribution in [3.8, 4) is 5.75 Å². The highest BCUT2D eigenvalue weighted by Crippen LogP contribution is 2.34. The van der Waals surface area contributed by atoms with Crippen LogP contribution in [0.25, 0.3) is 0 Å². The topological polar surface area (TPSA) is 84.9 Å². The lowest BCUT2D eigenvalue weighted by Crippen LogP contribution is -2.40. The van der Waals surface area contributed by atoms with Crippen LogP contribution in [0.4, 0.5) is 18.9 Å². The molecular formula is C20H21F3N2O5S. The van der Waals surface area contributed by atoms with Crippen LogP contribution in [0.1, 0.15) is 11.1 Å². The monoisotopic (exact) mass is 458 g/mol. The Hall–Kier alpha value is -2.63. The number of hydrogen-bond donors (Lipinski definition) is 1. The van der Waals surface area contributed by atoms with Crippen LogP contribution in [0.2, 0.25) is 0 Å². The van der Waals surface area contributed by atoms with Gasteiger partial charge < -0.3 is 14.8 Å². The third-order valence-corrected chi connectivity index (χ3v) is 6.61. The molecule has 2 aromatic rings. The van der Waals surface area contributed by atoms with Gasteiger partial charge in [-0.2, -0.15) is 17.5 Å². The second-order valence-electron chi connectivity index (χ2n) is 6.77. The van der Waals surface area contributed by atoms with Crippen molar-refractivity contribution in [3.05, 3.63) is 53.6 Å². The zero-order chi connectivity index (χ0) is 22.6. The lowest BCUT2D eigenvalue weighted by atomic mass is 10.1. The Labute approximate surface area is 177 Å². The van der Waals surface area contributed by atoms with Gasteiger partial charge in [-0.1, -0.05) is 18.2 Å². The maximum atomic E-state index is 13.1. The summed E-state index contributed by atoms with van der Waals surface area (Å²) in [4.78, 5) is 12.3. The van der Waals surface area contributed by atoms with E-state index < -0.39 is 27.7 Å². The maximum absolute atomic E-state index is 13.1. The number of rotatable bonds is 6. The zero-order valence-electron chi connectivity index (χ0n) is 16.6. The van der Waals surface area contributed by atoms with Crippen LogP contribution in [0, 0.1) is 0 Å². The standard InChI is InChI=1S/C20H21F3N2O5S/c1-29-17-7-6-14(12-18(17)31(27,28)25-8-10-30-11-9-25)13-19(26)24-16-5-3-2-4-15(16)20(21,22)23/h2-7,12H,8-11,13H2,1H3,(H,24,26). The number of carbonyl (C=O) groups excluding carboxylic acids is 1. The summed E-state index contributed by atoms with van der Waals surface area (Å²) >= 11 is 0. The molecule has 3 rings (SSSR count). The molecule has 0 radical (unpaired) electrons. The Bertz CT molecular complexity index is 1050. The van der Waals surface area contributed by atoms with Crippen molar-refractivity contribution in [3.63, 3.8) is 0 Å². The lowest BCUT2D eigenvalue weighted by molar-refractivity contribution is -0.137. The largest absolute Gasteiger partial charge is 0.495 e. The molecule has 11 heteroatoms. The maximum Gasteiger partial charge on any atom is 0.418 e. The Balaban J connectivity index is 1.83. The summed E-state index contributed by atoms with van der Waals surface area (Å²) in [5, 5.41) is 2.25. The first-order valence-corrected chi connectivity index (χ1v) is 10.8.